The molecule has 1 aromatic carbocycles. The number of fused-ring (bicyclic) bond motifs is 3. The molecule has 4 atom stereocenters. The lowest BCUT2D eigenvalue weighted by molar-refractivity contribution is -0.127. The molecule has 4 rings (SSSR count). The molecule has 1 heterocycles. The summed E-state index contributed by atoms with van der Waals surface area (Å²) in [7, 11) is 0. The molecule has 0 spiro atoms. The van der Waals surface area contributed by atoms with Gasteiger partial charge >= 0.3 is 0 Å². The molecule has 25 heavy (non-hydrogen) atoms. The molecular weight excluding hydrogens is 359 g/mol. The molecule has 0 saturated heterocycles. The minimum Gasteiger partial charge on any atom is -0.354 e. The number of nitrogens with one attached hydrogen (secondary N) is 1. The predicted octanol–water partition coefficient (Wildman–Crippen LogP) is 2.68. The normalized spacial score (nSPS) is 27.0. The maximum absolute atomic E-state index is 12.5. The number of rotatable bonds is 4. The van der Waals surface area contributed by atoms with E-state index in [9.17, 15) is 4.79 Å². The second kappa shape index (κ2) is 7.94. The second-order valence-corrected chi connectivity index (χ2v) is 7.03. The Morgan fingerprint density at radius 1 is 1.28 bits per heavy atom. The number of halogens is 2. The van der Waals surface area contributed by atoms with Gasteiger partial charge in [-0.05, 0) is 50.2 Å². The molecule has 0 radical (unpaired) electrons. The Kier molecular flexibility index (Phi) is 6.35. The van der Waals surface area contributed by atoms with Crippen molar-refractivity contribution in [2.24, 2.45) is 23.5 Å². The summed E-state index contributed by atoms with van der Waals surface area (Å²) >= 11 is 0. The SMILES string of the molecule is Cc1nc2ccccc2n1CCNC(=O)C1C2CCC(C2)C1N.Cl.Cl. The first-order chi connectivity index (χ1) is 11.1. The average Bonchev–Trinajstić information content (AvgIpc) is 3.20. The first-order valence-electron chi connectivity index (χ1n) is 8.60. The van der Waals surface area contributed by atoms with Gasteiger partial charge in [0.15, 0.2) is 0 Å². The van der Waals surface area contributed by atoms with Crippen LogP contribution in [0.15, 0.2) is 24.3 Å². The molecule has 2 bridgehead atoms. The van der Waals surface area contributed by atoms with Gasteiger partial charge in [-0.15, -0.1) is 24.8 Å². The zero-order valence-corrected chi connectivity index (χ0v) is 16.0. The summed E-state index contributed by atoms with van der Waals surface area (Å²) in [5.74, 6) is 2.22. The predicted molar refractivity (Wildman–Crippen MR) is 104 cm³/mol. The van der Waals surface area contributed by atoms with Crippen LogP contribution >= 0.6 is 24.8 Å². The molecular formula is C18H26Cl2N4O. The molecule has 2 fully saturated rings. The van der Waals surface area contributed by atoms with Crippen LogP contribution in [0.3, 0.4) is 0 Å². The van der Waals surface area contributed by atoms with Gasteiger partial charge < -0.3 is 15.6 Å². The van der Waals surface area contributed by atoms with Gasteiger partial charge in [-0.1, -0.05) is 12.1 Å². The number of amides is 1. The van der Waals surface area contributed by atoms with E-state index in [4.69, 9.17) is 5.73 Å². The first-order valence-corrected chi connectivity index (χ1v) is 8.60. The third kappa shape index (κ3) is 3.50. The van der Waals surface area contributed by atoms with Crippen molar-refractivity contribution in [3.63, 3.8) is 0 Å². The minimum atomic E-state index is 0. The topological polar surface area (TPSA) is 72.9 Å². The van der Waals surface area contributed by atoms with E-state index in [-0.39, 0.29) is 42.7 Å². The molecule has 2 saturated carbocycles. The number of hydrogen-bond acceptors (Lipinski definition) is 3. The Bertz CT molecular complexity index is 746. The number of hydrogen-bond donors (Lipinski definition) is 2. The van der Waals surface area contributed by atoms with E-state index in [0.29, 0.717) is 18.4 Å². The van der Waals surface area contributed by atoms with Gasteiger partial charge in [-0.3, -0.25) is 4.79 Å². The van der Waals surface area contributed by atoms with Crippen LogP contribution in [0, 0.1) is 24.7 Å². The molecule has 2 aliphatic carbocycles. The molecule has 3 N–H and O–H groups in total. The molecule has 1 amide bonds. The fourth-order valence-electron chi connectivity index (χ4n) is 4.61. The summed E-state index contributed by atoms with van der Waals surface area (Å²) in [5.41, 5.74) is 8.38. The highest BCUT2D eigenvalue weighted by molar-refractivity contribution is 5.85. The lowest BCUT2D eigenvalue weighted by atomic mass is 9.84. The number of benzene rings is 1. The van der Waals surface area contributed by atoms with Crippen molar-refractivity contribution in [3.05, 3.63) is 30.1 Å². The smallest absolute Gasteiger partial charge is 0.225 e. The van der Waals surface area contributed by atoms with Gasteiger partial charge in [-0.2, -0.15) is 0 Å². The van der Waals surface area contributed by atoms with Gasteiger partial charge in [0.25, 0.3) is 0 Å². The van der Waals surface area contributed by atoms with E-state index in [1.807, 2.05) is 25.1 Å². The van der Waals surface area contributed by atoms with E-state index in [1.54, 1.807) is 0 Å². The minimum absolute atomic E-state index is 0. The van der Waals surface area contributed by atoms with Crippen molar-refractivity contribution in [1.82, 2.24) is 14.9 Å². The van der Waals surface area contributed by atoms with Gasteiger partial charge in [-0.25, -0.2) is 4.98 Å². The van der Waals surface area contributed by atoms with E-state index >= 15 is 0 Å². The summed E-state index contributed by atoms with van der Waals surface area (Å²) in [6.45, 7) is 3.38. The number of aromatic nitrogens is 2. The summed E-state index contributed by atoms with van der Waals surface area (Å²) in [6.07, 6.45) is 3.52. The lowest BCUT2D eigenvalue weighted by Gasteiger charge is -2.27. The molecule has 2 aromatic rings. The largest absolute Gasteiger partial charge is 0.354 e. The van der Waals surface area contributed by atoms with Crippen LogP contribution in [0.2, 0.25) is 0 Å². The van der Waals surface area contributed by atoms with Gasteiger partial charge in [0, 0.05) is 19.1 Å². The fourth-order valence-corrected chi connectivity index (χ4v) is 4.61. The number of nitrogens with two attached hydrogens (primary N) is 1. The Morgan fingerprint density at radius 3 is 2.72 bits per heavy atom. The van der Waals surface area contributed by atoms with Crippen molar-refractivity contribution < 1.29 is 4.79 Å². The number of carbonyl (C=O) groups is 1. The van der Waals surface area contributed by atoms with Crippen LogP contribution in [-0.2, 0) is 11.3 Å². The van der Waals surface area contributed by atoms with Crippen LogP contribution in [0.25, 0.3) is 11.0 Å². The molecule has 1 aromatic heterocycles. The van der Waals surface area contributed by atoms with Crippen LogP contribution in [0.4, 0.5) is 0 Å². The third-order valence-corrected chi connectivity index (χ3v) is 5.76. The number of para-hydroxylation sites is 2. The Hall–Kier alpha value is -1.30. The first kappa shape index (κ1) is 20.0. The van der Waals surface area contributed by atoms with Crippen molar-refractivity contribution in [2.75, 3.05) is 6.54 Å². The van der Waals surface area contributed by atoms with Crippen molar-refractivity contribution in [3.8, 4) is 0 Å². The Morgan fingerprint density at radius 2 is 2.00 bits per heavy atom. The number of nitrogens with zero attached hydrogens (tertiary/aromatic N) is 2. The summed E-state index contributed by atoms with van der Waals surface area (Å²) in [4.78, 5) is 17.1. The highest BCUT2D eigenvalue weighted by Crippen LogP contribution is 2.47. The van der Waals surface area contributed by atoms with E-state index < -0.39 is 0 Å². The highest BCUT2D eigenvalue weighted by atomic mass is 35.5. The maximum atomic E-state index is 12.5. The number of carbonyl (C=O) groups excluding carboxylic acids is 1. The van der Waals surface area contributed by atoms with Gasteiger partial charge in [0.2, 0.25) is 5.91 Å². The van der Waals surface area contributed by atoms with Gasteiger partial charge in [0.05, 0.1) is 17.0 Å². The highest BCUT2D eigenvalue weighted by Gasteiger charge is 2.48. The maximum Gasteiger partial charge on any atom is 0.225 e. The molecule has 7 heteroatoms. The Balaban J connectivity index is 0.00000113. The quantitative estimate of drug-likeness (QED) is 0.850. The van der Waals surface area contributed by atoms with Crippen molar-refractivity contribution >= 4 is 41.8 Å². The summed E-state index contributed by atoms with van der Waals surface area (Å²) < 4.78 is 2.16. The molecule has 0 aliphatic heterocycles. The average molecular weight is 385 g/mol. The van der Waals surface area contributed by atoms with Crippen LogP contribution in [-0.4, -0.2) is 28.0 Å². The number of imidazole rings is 1. The van der Waals surface area contributed by atoms with Crippen molar-refractivity contribution in [1.29, 1.82) is 0 Å². The lowest BCUT2D eigenvalue weighted by Crippen LogP contribution is -2.45. The second-order valence-electron chi connectivity index (χ2n) is 7.03. The molecule has 4 unspecified atom stereocenters. The zero-order valence-electron chi connectivity index (χ0n) is 14.4. The third-order valence-electron chi connectivity index (χ3n) is 5.76. The van der Waals surface area contributed by atoms with E-state index in [2.05, 4.69) is 20.9 Å². The Labute approximate surface area is 160 Å². The van der Waals surface area contributed by atoms with Crippen LogP contribution in [0.5, 0.6) is 0 Å². The summed E-state index contributed by atoms with van der Waals surface area (Å²) in [5, 5.41) is 3.10. The number of aryl methyl sites for hydroxylation is 1. The molecule has 138 valence electrons. The van der Waals surface area contributed by atoms with E-state index in [1.165, 1.54) is 12.8 Å². The standard InChI is InChI=1S/C18H24N4O.2ClH/c1-11-21-14-4-2-3-5-15(14)22(11)9-8-20-18(23)16-12-6-7-13(10-12)17(16)19;;/h2-5,12-13,16-17H,6-10,19H2,1H3,(H,20,23);2*1H. The summed E-state index contributed by atoms with van der Waals surface area (Å²) in [6, 6.07) is 8.17. The fraction of sp³-hybridized carbons (Fsp3) is 0.556. The molecule has 5 nitrogen and oxygen atoms in total. The van der Waals surface area contributed by atoms with Crippen LogP contribution in [0.1, 0.15) is 25.1 Å². The van der Waals surface area contributed by atoms with E-state index in [0.717, 1.165) is 29.8 Å². The zero-order chi connectivity index (χ0) is 16.0. The van der Waals surface area contributed by atoms with Gasteiger partial charge in [0.1, 0.15) is 5.82 Å². The monoisotopic (exact) mass is 384 g/mol. The molecule has 2 aliphatic rings. The van der Waals surface area contributed by atoms with Crippen LogP contribution < -0.4 is 11.1 Å². The van der Waals surface area contributed by atoms with Crippen molar-refractivity contribution in [2.45, 2.75) is 38.8 Å².